The number of rotatable bonds is 6. The van der Waals surface area contributed by atoms with Crippen molar-refractivity contribution in [2.75, 3.05) is 30.2 Å². The van der Waals surface area contributed by atoms with E-state index in [1.165, 1.54) is 12.1 Å². The minimum absolute atomic E-state index is 0.124. The molecule has 1 aliphatic heterocycles. The molecule has 1 aliphatic rings. The number of hydrogen-bond donors (Lipinski definition) is 3. The third kappa shape index (κ3) is 3.90. The summed E-state index contributed by atoms with van der Waals surface area (Å²) in [5.74, 6) is -0.124. The molecule has 2 aromatic rings. The van der Waals surface area contributed by atoms with Gasteiger partial charge in [-0.1, -0.05) is 0 Å². The molecule has 0 unspecified atom stereocenters. The van der Waals surface area contributed by atoms with Gasteiger partial charge in [-0.3, -0.25) is 4.72 Å². The highest BCUT2D eigenvalue weighted by atomic mass is 32.2. The Labute approximate surface area is 139 Å². The fourth-order valence-electron chi connectivity index (χ4n) is 1.94. The molecule has 0 aromatic heterocycles. The van der Waals surface area contributed by atoms with Gasteiger partial charge in [-0.2, -0.15) is 0 Å². The lowest BCUT2D eigenvalue weighted by atomic mass is 10.2. The maximum Gasteiger partial charge on any atom is 0.262 e. The van der Waals surface area contributed by atoms with Gasteiger partial charge in [-0.05, 0) is 54.4 Å². The summed E-state index contributed by atoms with van der Waals surface area (Å²) >= 11 is 1.61. The maximum absolute atomic E-state index is 12.4. The molecule has 0 saturated carbocycles. The van der Waals surface area contributed by atoms with Crippen molar-refractivity contribution in [3.63, 3.8) is 0 Å². The van der Waals surface area contributed by atoms with Gasteiger partial charge in [-0.15, -0.1) is 0 Å². The van der Waals surface area contributed by atoms with E-state index < -0.39 is 10.0 Å². The van der Waals surface area contributed by atoms with Crippen LogP contribution in [0.25, 0.3) is 0 Å². The predicted octanol–water partition coefficient (Wildman–Crippen LogP) is 2.56. The molecule has 2 aromatic carbocycles. The average Bonchev–Trinajstić information content (AvgIpc) is 3.34. The lowest BCUT2D eigenvalue weighted by Gasteiger charge is -2.11. The summed E-state index contributed by atoms with van der Waals surface area (Å²) < 4.78 is 29.5. The fraction of sp³-hybridized carbons (Fsp3) is 0.200. The van der Waals surface area contributed by atoms with Crippen LogP contribution in [0.5, 0.6) is 5.75 Å². The second kappa shape index (κ2) is 6.31. The van der Waals surface area contributed by atoms with Crippen molar-refractivity contribution >= 4 is 33.3 Å². The molecule has 3 N–H and O–H groups in total. The number of aromatic hydroxyl groups is 1. The van der Waals surface area contributed by atoms with Crippen LogP contribution in [-0.2, 0) is 10.0 Å². The van der Waals surface area contributed by atoms with Gasteiger partial charge in [-0.25, -0.2) is 12.7 Å². The first-order valence-corrected chi connectivity index (χ1v) is 9.30. The van der Waals surface area contributed by atoms with E-state index >= 15 is 0 Å². The summed E-state index contributed by atoms with van der Waals surface area (Å²) in [5, 5.41) is 12.7. The van der Waals surface area contributed by atoms with E-state index in [0.717, 1.165) is 18.0 Å². The van der Waals surface area contributed by atoms with Crippen LogP contribution in [0.3, 0.4) is 0 Å². The number of phenols is 1. The van der Waals surface area contributed by atoms with Crippen LogP contribution in [0, 0.1) is 0 Å². The number of anilines is 2. The van der Waals surface area contributed by atoms with Crippen molar-refractivity contribution in [3.8, 4) is 5.75 Å². The van der Waals surface area contributed by atoms with Crippen LogP contribution in [0.15, 0.2) is 52.3 Å². The maximum atomic E-state index is 12.4. The number of phenolic OH excluding ortho intramolecular Hbond substituents is 1. The van der Waals surface area contributed by atoms with Gasteiger partial charge in [0.05, 0.1) is 10.6 Å². The minimum atomic E-state index is -3.75. The monoisotopic (exact) mass is 351 g/mol. The molecule has 0 radical (unpaired) electrons. The van der Waals surface area contributed by atoms with Gasteiger partial charge in [0.25, 0.3) is 10.0 Å². The van der Waals surface area contributed by atoms with E-state index in [9.17, 15) is 13.5 Å². The standard InChI is InChI=1S/C15H17N3O3S2/c1-16-11-2-7-15(19)14(10-11)17-23(20,21)13-5-3-12(4-6-13)22-18-8-9-18/h2-7,10,16-17,19H,8-9H2,1H3. The number of hydrogen-bond acceptors (Lipinski definition) is 6. The van der Waals surface area contributed by atoms with Gasteiger partial charge in [0.2, 0.25) is 0 Å². The molecule has 1 heterocycles. The number of nitrogens with zero attached hydrogens (tertiary/aromatic N) is 1. The highest BCUT2D eigenvalue weighted by Gasteiger charge is 2.20. The van der Waals surface area contributed by atoms with Crippen molar-refractivity contribution in [1.82, 2.24) is 4.31 Å². The Morgan fingerprint density at radius 3 is 2.43 bits per heavy atom. The summed E-state index contributed by atoms with van der Waals surface area (Å²) in [5.41, 5.74) is 0.838. The molecular formula is C15H17N3O3S2. The van der Waals surface area contributed by atoms with E-state index in [1.807, 2.05) is 0 Å². The van der Waals surface area contributed by atoms with E-state index in [4.69, 9.17) is 0 Å². The van der Waals surface area contributed by atoms with E-state index in [0.29, 0.717) is 5.69 Å². The molecular weight excluding hydrogens is 334 g/mol. The summed E-state index contributed by atoms with van der Waals surface area (Å²) in [6, 6.07) is 11.3. The van der Waals surface area contributed by atoms with Gasteiger partial charge < -0.3 is 10.4 Å². The Hall–Kier alpha value is -1.90. The first kappa shape index (κ1) is 16.0. The molecule has 1 fully saturated rings. The molecule has 23 heavy (non-hydrogen) atoms. The van der Waals surface area contributed by atoms with Crippen LogP contribution in [-0.4, -0.2) is 38.0 Å². The normalized spacial score (nSPS) is 14.5. The number of nitrogens with one attached hydrogen (secondary N) is 2. The molecule has 0 aliphatic carbocycles. The molecule has 6 nitrogen and oxygen atoms in total. The second-order valence-corrected chi connectivity index (χ2v) is 7.93. The molecule has 1 saturated heterocycles. The molecule has 3 rings (SSSR count). The zero-order valence-electron chi connectivity index (χ0n) is 12.5. The predicted molar refractivity (Wildman–Crippen MR) is 92.3 cm³/mol. The lowest BCUT2D eigenvalue weighted by molar-refractivity contribution is 0.477. The van der Waals surface area contributed by atoms with Crippen molar-refractivity contribution in [2.45, 2.75) is 9.79 Å². The average molecular weight is 351 g/mol. The van der Waals surface area contributed by atoms with Gasteiger partial charge in [0, 0.05) is 30.7 Å². The summed E-state index contributed by atoms with van der Waals surface area (Å²) in [7, 11) is -2.03. The summed E-state index contributed by atoms with van der Waals surface area (Å²) in [6.45, 7) is 2.13. The number of benzene rings is 2. The lowest BCUT2D eigenvalue weighted by Crippen LogP contribution is -2.13. The highest BCUT2D eigenvalue weighted by Crippen LogP contribution is 2.31. The third-order valence-electron chi connectivity index (χ3n) is 3.30. The molecule has 122 valence electrons. The Kier molecular flexibility index (Phi) is 4.38. The smallest absolute Gasteiger partial charge is 0.262 e. The highest BCUT2D eigenvalue weighted by molar-refractivity contribution is 7.97. The molecule has 0 atom stereocenters. The zero-order valence-corrected chi connectivity index (χ0v) is 14.1. The third-order valence-corrected chi connectivity index (χ3v) is 5.79. The Morgan fingerprint density at radius 1 is 1.13 bits per heavy atom. The Balaban J connectivity index is 1.80. The van der Waals surface area contributed by atoms with E-state index in [2.05, 4.69) is 14.3 Å². The van der Waals surface area contributed by atoms with Crippen molar-refractivity contribution in [1.29, 1.82) is 0 Å². The first-order valence-electron chi connectivity index (χ1n) is 7.04. The zero-order chi connectivity index (χ0) is 16.4. The van der Waals surface area contributed by atoms with Crippen LogP contribution in [0.1, 0.15) is 0 Å². The van der Waals surface area contributed by atoms with E-state index in [-0.39, 0.29) is 16.3 Å². The largest absolute Gasteiger partial charge is 0.506 e. The fourth-order valence-corrected chi connectivity index (χ4v) is 3.82. The molecule has 0 amide bonds. The van der Waals surface area contributed by atoms with Crippen LogP contribution in [0.2, 0.25) is 0 Å². The first-order chi connectivity index (χ1) is 11.0. The van der Waals surface area contributed by atoms with E-state index in [1.54, 1.807) is 49.3 Å². The summed E-state index contributed by atoms with van der Waals surface area (Å²) in [6.07, 6.45) is 0. The number of sulfonamides is 1. The van der Waals surface area contributed by atoms with Crippen LogP contribution < -0.4 is 10.0 Å². The van der Waals surface area contributed by atoms with Crippen molar-refractivity contribution in [3.05, 3.63) is 42.5 Å². The topological polar surface area (TPSA) is 81.4 Å². The van der Waals surface area contributed by atoms with Gasteiger partial charge in [0.1, 0.15) is 5.75 Å². The Morgan fingerprint density at radius 2 is 1.83 bits per heavy atom. The molecule has 8 heteroatoms. The Bertz CT molecular complexity index is 803. The van der Waals surface area contributed by atoms with Gasteiger partial charge in [0.15, 0.2) is 0 Å². The quantitative estimate of drug-likeness (QED) is 0.321. The summed E-state index contributed by atoms with van der Waals surface area (Å²) in [4.78, 5) is 1.16. The molecule has 0 bridgehead atoms. The van der Waals surface area contributed by atoms with Gasteiger partial charge >= 0.3 is 0 Å². The SMILES string of the molecule is CNc1ccc(O)c(NS(=O)(=O)c2ccc(SN3CC3)cc2)c1. The second-order valence-electron chi connectivity index (χ2n) is 5.08. The van der Waals surface area contributed by atoms with Crippen molar-refractivity contribution < 1.29 is 13.5 Å². The van der Waals surface area contributed by atoms with Crippen LogP contribution in [0.4, 0.5) is 11.4 Å². The minimum Gasteiger partial charge on any atom is -0.506 e. The van der Waals surface area contributed by atoms with Crippen LogP contribution >= 0.6 is 11.9 Å². The molecule has 0 spiro atoms. The van der Waals surface area contributed by atoms with Crippen molar-refractivity contribution in [2.24, 2.45) is 0 Å².